The molecule has 0 aromatic heterocycles. The predicted molar refractivity (Wildman–Crippen MR) is 132 cm³/mol. The lowest BCUT2D eigenvalue weighted by molar-refractivity contribution is 0.121. The minimum Gasteiger partial charge on any atom is -0.377 e. The first-order valence-electron chi connectivity index (χ1n) is 12.8. The molecule has 2 aromatic rings. The molecule has 0 saturated heterocycles. The fourth-order valence-electron chi connectivity index (χ4n) is 5.77. The first kappa shape index (κ1) is 23.2. The van der Waals surface area contributed by atoms with E-state index in [0.29, 0.717) is 30.3 Å². The van der Waals surface area contributed by atoms with E-state index in [1.54, 1.807) is 0 Å². The lowest BCUT2D eigenvalue weighted by Gasteiger charge is -2.30. The topological polar surface area (TPSA) is 9.23 Å². The number of rotatable bonds is 8. The van der Waals surface area contributed by atoms with Crippen molar-refractivity contribution in [1.82, 2.24) is 0 Å². The highest BCUT2D eigenvalue weighted by Crippen LogP contribution is 2.42. The molecule has 172 valence electrons. The van der Waals surface area contributed by atoms with Gasteiger partial charge in [0, 0.05) is 6.61 Å². The van der Waals surface area contributed by atoms with Gasteiger partial charge in [0.2, 0.25) is 0 Å². The van der Waals surface area contributed by atoms with Gasteiger partial charge in [-0.2, -0.15) is 0 Å². The Labute approximate surface area is 194 Å². The van der Waals surface area contributed by atoms with Gasteiger partial charge in [-0.1, -0.05) is 49.4 Å². The molecule has 0 amide bonds. The van der Waals surface area contributed by atoms with Crippen LogP contribution in [0.25, 0.3) is 0 Å². The first-order valence-corrected chi connectivity index (χ1v) is 12.8. The van der Waals surface area contributed by atoms with Gasteiger partial charge in [0.05, 0.1) is 6.61 Å². The largest absolute Gasteiger partial charge is 0.377 e. The Morgan fingerprint density at radius 1 is 0.844 bits per heavy atom. The normalized spacial score (nSPS) is 26.1. The molecule has 0 heterocycles. The van der Waals surface area contributed by atoms with Gasteiger partial charge >= 0.3 is 0 Å². The van der Waals surface area contributed by atoms with Crippen molar-refractivity contribution < 1.29 is 9.13 Å². The Bertz CT molecular complexity index is 855. The van der Waals surface area contributed by atoms with Gasteiger partial charge in [0.15, 0.2) is 0 Å². The summed E-state index contributed by atoms with van der Waals surface area (Å²) >= 11 is 0. The van der Waals surface area contributed by atoms with E-state index in [1.807, 2.05) is 6.07 Å². The Morgan fingerprint density at radius 2 is 1.44 bits per heavy atom. The van der Waals surface area contributed by atoms with Crippen molar-refractivity contribution in [2.75, 3.05) is 6.61 Å². The van der Waals surface area contributed by atoms with Crippen LogP contribution in [-0.2, 0) is 11.3 Å². The average Bonchev–Trinajstić information content (AvgIpc) is 2.85. The van der Waals surface area contributed by atoms with Crippen LogP contribution in [0.3, 0.4) is 0 Å². The summed E-state index contributed by atoms with van der Waals surface area (Å²) in [5.74, 6) is 2.14. The number of halogens is 1. The van der Waals surface area contributed by atoms with Crippen molar-refractivity contribution in [2.24, 2.45) is 5.92 Å². The molecule has 32 heavy (non-hydrogen) atoms. The fourth-order valence-corrected chi connectivity index (χ4v) is 5.77. The van der Waals surface area contributed by atoms with Crippen molar-refractivity contribution >= 4 is 0 Å². The molecule has 2 aliphatic rings. The standard InChI is InChI=1S/C30H39FO/c1-3-19-32-21-23-7-11-24(12-8-23)25-13-15-27(16-14-25)29-18-17-28(20-30(29)31)26-9-5-22(4-2)6-10-26/h4,7-8,11-12,17-18,20,22,25-27H,2-3,5-6,9-10,13-16,19,21H2,1H3. The molecule has 0 radical (unpaired) electrons. The highest BCUT2D eigenvalue weighted by atomic mass is 19.1. The van der Waals surface area contributed by atoms with E-state index in [0.717, 1.165) is 57.1 Å². The van der Waals surface area contributed by atoms with E-state index in [4.69, 9.17) is 4.74 Å². The maximum Gasteiger partial charge on any atom is 0.126 e. The van der Waals surface area contributed by atoms with E-state index >= 15 is 4.39 Å². The SMILES string of the molecule is C=CC1CCC(c2ccc(C3CCC(c4ccc(COCCC)cc4)CC3)c(F)c2)CC1. The van der Waals surface area contributed by atoms with Gasteiger partial charge in [-0.25, -0.2) is 4.39 Å². The van der Waals surface area contributed by atoms with Gasteiger partial charge in [-0.3, -0.25) is 0 Å². The molecule has 2 saturated carbocycles. The van der Waals surface area contributed by atoms with Crippen molar-refractivity contribution in [3.8, 4) is 0 Å². The quantitative estimate of drug-likeness (QED) is 0.298. The molecule has 0 N–H and O–H groups in total. The summed E-state index contributed by atoms with van der Waals surface area (Å²) in [6.45, 7) is 7.59. The predicted octanol–water partition coefficient (Wildman–Crippen LogP) is 8.65. The van der Waals surface area contributed by atoms with Crippen molar-refractivity contribution in [1.29, 1.82) is 0 Å². The summed E-state index contributed by atoms with van der Waals surface area (Å²) in [6.07, 6.45) is 12.3. The number of hydrogen-bond donors (Lipinski definition) is 0. The van der Waals surface area contributed by atoms with Crippen LogP contribution in [-0.4, -0.2) is 6.61 Å². The zero-order valence-electron chi connectivity index (χ0n) is 19.7. The van der Waals surface area contributed by atoms with E-state index in [9.17, 15) is 0 Å². The third-order valence-electron chi connectivity index (χ3n) is 7.84. The van der Waals surface area contributed by atoms with Crippen LogP contribution in [0.5, 0.6) is 0 Å². The summed E-state index contributed by atoms with van der Waals surface area (Å²) in [6, 6.07) is 15.1. The minimum absolute atomic E-state index is 0.0215. The van der Waals surface area contributed by atoms with Gasteiger partial charge in [0.1, 0.15) is 5.82 Å². The second kappa shape index (κ2) is 11.3. The summed E-state index contributed by atoms with van der Waals surface area (Å²) in [5, 5.41) is 0. The number of hydrogen-bond acceptors (Lipinski definition) is 1. The first-order chi connectivity index (χ1) is 15.7. The smallest absolute Gasteiger partial charge is 0.126 e. The monoisotopic (exact) mass is 434 g/mol. The second-order valence-electron chi connectivity index (χ2n) is 9.97. The van der Waals surface area contributed by atoms with Gasteiger partial charge < -0.3 is 4.74 Å². The highest BCUT2D eigenvalue weighted by molar-refractivity contribution is 5.31. The summed E-state index contributed by atoms with van der Waals surface area (Å²) in [5.41, 5.74) is 4.81. The van der Waals surface area contributed by atoms with Crippen LogP contribution in [0.1, 0.15) is 105 Å². The molecule has 2 fully saturated rings. The van der Waals surface area contributed by atoms with E-state index in [-0.39, 0.29) is 5.82 Å². The molecule has 2 aliphatic carbocycles. The van der Waals surface area contributed by atoms with E-state index in [1.165, 1.54) is 29.5 Å². The third-order valence-corrected chi connectivity index (χ3v) is 7.84. The summed E-state index contributed by atoms with van der Waals surface area (Å²) in [7, 11) is 0. The lowest BCUT2D eigenvalue weighted by Crippen LogP contribution is -2.14. The third kappa shape index (κ3) is 5.70. The number of benzene rings is 2. The van der Waals surface area contributed by atoms with Crippen LogP contribution >= 0.6 is 0 Å². The van der Waals surface area contributed by atoms with Gasteiger partial charge in [-0.15, -0.1) is 6.58 Å². The fraction of sp³-hybridized carbons (Fsp3) is 0.533. The molecule has 0 bridgehead atoms. The molecule has 1 nitrogen and oxygen atoms in total. The van der Waals surface area contributed by atoms with Gasteiger partial charge in [-0.05, 0) is 110 Å². The molecule has 0 unspecified atom stereocenters. The van der Waals surface area contributed by atoms with Crippen LogP contribution in [0.2, 0.25) is 0 Å². The highest BCUT2D eigenvalue weighted by Gasteiger charge is 2.26. The lowest BCUT2D eigenvalue weighted by atomic mass is 9.75. The van der Waals surface area contributed by atoms with E-state index < -0.39 is 0 Å². The summed E-state index contributed by atoms with van der Waals surface area (Å²) < 4.78 is 20.7. The number of ether oxygens (including phenoxy) is 1. The zero-order valence-corrected chi connectivity index (χ0v) is 19.7. The second-order valence-corrected chi connectivity index (χ2v) is 9.97. The Morgan fingerprint density at radius 3 is 2.06 bits per heavy atom. The molecule has 2 aromatic carbocycles. The molecule has 0 spiro atoms. The van der Waals surface area contributed by atoms with E-state index in [2.05, 4.69) is 56.0 Å². The van der Waals surface area contributed by atoms with Crippen LogP contribution in [0.4, 0.5) is 4.39 Å². The zero-order chi connectivity index (χ0) is 22.3. The molecule has 0 atom stereocenters. The van der Waals surface area contributed by atoms with Gasteiger partial charge in [0.25, 0.3) is 0 Å². The maximum atomic E-state index is 15.1. The molecular weight excluding hydrogens is 395 g/mol. The maximum absolute atomic E-state index is 15.1. The average molecular weight is 435 g/mol. The Balaban J connectivity index is 1.31. The van der Waals surface area contributed by atoms with Crippen molar-refractivity contribution in [3.05, 3.63) is 83.2 Å². The Kier molecular flexibility index (Phi) is 8.19. The van der Waals surface area contributed by atoms with Crippen LogP contribution < -0.4 is 0 Å². The molecule has 0 aliphatic heterocycles. The van der Waals surface area contributed by atoms with Crippen molar-refractivity contribution in [3.63, 3.8) is 0 Å². The van der Waals surface area contributed by atoms with Crippen molar-refractivity contribution in [2.45, 2.75) is 89.1 Å². The van der Waals surface area contributed by atoms with Crippen LogP contribution in [0.15, 0.2) is 55.1 Å². The van der Waals surface area contributed by atoms with Crippen LogP contribution in [0, 0.1) is 11.7 Å². The molecular formula is C30H39FO. The number of allylic oxidation sites excluding steroid dienone is 1. The summed E-state index contributed by atoms with van der Waals surface area (Å²) in [4.78, 5) is 0. The minimum atomic E-state index is 0.0215. The molecule has 2 heteroatoms. The molecule has 4 rings (SSSR count). The Hall–Kier alpha value is -1.93.